The minimum absolute atomic E-state index is 0.318. The molecule has 3 rings (SSSR count). The van der Waals surface area contributed by atoms with Crippen molar-refractivity contribution in [2.45, 2.75) is 63.1 Å². The van der Waals surface area contributed by atoms with E-state index >= 15 is 0 Å². The predicted octanol–water partition coefficient (Wildman–Crippen LogP) is 3.20. The maximum atomic E-state index is 11.5. The summed E-state index contributed by atoms with van der Waals surface area (Å²) in [6, 6.07) is 11.2. The molecule has 1 aromatic carbocycles. The van der Waals surface area contributed by atoms with Crippen LogP contribution in [0.1, 0.15) is 56.4 Å². The second kappa shape index (κ2) is 12.1. The molecule has 2 heterocycles. The molecule has 0 aliphatic carbocycles. The van der Waals surface area contributed by atoms with Crippen molar-refractivity contribution in [3.63, 3.8) is 0 Å². The van der Waals surface area contributed by atoms with Crippen LogP contribution < -0.4 is 10.6 Å². The summed E-state index contributed by atoms with van der Waals surface area (Å²) in [5, 5.41) is 6.85. The molecular weight excluding hydrogens is 426 g/mol. The minimum Gasteiger partial charge on any atom is -0.462 e. The lowest BCUT2D eigenvalue weighted by Crippen LogP contribution is -2.28. The van der Waals surface area contributed by atoms with Crippen molar-refractivity contribution >= 4 is 16.3 Å². The Bertz CT molecular complexity index is 948. The number of carbonyl (C=O) groups excluding carboxylic acids is 1. The highest BCUT2D eigenvalue weighted by Gasteiger charge is 2.19. The molecular formula is C24H35N3O4S. The van der Waals surface area contributed by atoms with Crippen molar-refractivity contribution in [1.29, 1.82) is 0 Å². The Morgan fingerprint density at radius 3 is 2.31 bits per heavy atom. The van der Waals surface area contributed by atoms with E-state index in [1.54, 1.807) is 12.1 Å². The van der Waals surface area contributed by atoms with E-state index in [-0.39, 0.29) is 5.60 Å². The second-order valence-corrected chi connectivity index (χ2v) is 10.9. The lowest BCUT2D eigenvalue weighted by molar-refractivity contribution is -0.138. The van der Waals surface area contributed by atoms with E-state index in [9.17, 15) is 13.2 Å². The lowest BCUT2D eigenvalue weighted by Gasteiger charge is -2.24. The first-order chi connectivity index (χ1) is 15.1. The maximum Gasteiger partial charge on any atom is 0.293 e. The minimum atomic E-state index is -3.13. The topological polar surface area (TPSA) is 97.4 Å². The van der Waals surface area contributed by atoms with E-state index in [4.69, 9.17) is 0 Å². The van der Waals surface area contributed by atoms with Crippen molar-refractivity contribution in [1.82, 2.24) is 15.6 Å². The van der Waals surface area contributed by atoms with Crippen LogP contribution in [0, 0.1) is 0 Å². The molecule has 1 aromatic heterocycles. The van der Waals surface area contributed by atoms with Crippen LogP contribution in [0.5, 0.6) is 0 Å². The van der Waals surface area contributed by atoms with Crippen molar-refractivity contribution in [2.24, 2.45) is 0 Å². The van der Waals surface area contributed by atoms with Crippen LogP contribution in [0.25, 0.3) is 0 Å². The number of nitrogens with zero attached hydrogens (tertiary/aromatic N) is 1. The number of ether oxygens (including phenoxy) is 1. The highest BCUT2D eigenvalue weighted by atomic mass is 32.2. The molecule has 8 heteroatoms. The van der Waals surface area contributed by atoms with Crippen LogP contribution in [0.3, 0.4) is 0 Å². The molecule has 7 nitrogen and oxygen atoms in total. The normalized spacial score (nSPS) is 14.9. The third-order valence-corrected chi connectivity index (χ3v) is 6.18. The van der Waals surface area contributed by atoms with E-state index in [0.29, 0.717) is 23.8 Å². The molecule has 0 bridgehead atoms. The van der Waals surface area contributed by atoms with E-state index in [2.05, 4.69) is 26.4 Å². The number of carbonyl (C=O) groups is 1. The van der Waals surface area contributed by atoms with Gasteiger partial charge in [-0.2, -0.15) is 0 Å². The quantitative estimate of drug-likeness (QED) is 0.611. The molecule has 0 spiro atoms. The SMILES string of the molecule is CC(C)(C)OC=O.CS(=O)(=O)c1ccc(CNCc2cccnc2C2CCNCC2)cc1. The number of aromatic nitrogens is 1. The largest absolute Gasteiger partial charge is 0.462 e. The third kappa shape index (κ3) is 9.06. The van der Waals surface area contributed by atoms with Gasteiger partial charge in [-0.3, -0.25) is 9.78 Å². The van der Waals surface area contributed by atoms with E-state index in [1.807, 2.05) is 45.2 Å². The summed E-state index contributed by atoms with van der Waals surface area (Å²) < 4.78 is 27.6. The number of sulfone groups is 1. The number of nitrogens with one attached hydrogen (secondary N) is 2. The van der Waals surface area contributed by atoms with Gasteiger partial charge >= 0.3 is 0 Å². The average Bonchev–Trinajstić information content (AvgIpc) is 2.74. The van der Waals surface area contributed by atoms with Crippen LogP contribution in [0.2, 0.25) is 0 Å². The molecule has 2 N–H and O–H groups in total. The fourth-order valence-electron chi connectivity index (χ4n) is 3.40. The van der Waals surface area contributed by atoms with Crippen LogP contribution in [0.15, 0.2) is 47.5 Å². The molecule has 1 fully saturated rings. The Hall–Kier alpha value is -2.29. The van der Waals surface area contributed by atoms with Gasteiger partial charge in [0.05, 0.1) is 4.90 Å². The van der Waals surface area contributed by atoms with Gasteiger partial charge in [0.1, 0.15) is 5.60 Å². The summed E-state index contributed by atoms with van der Waals surface area (Å²) in [7, 11) is -3.13. The smallest absolute Gasteiger partial charge is 0.293 e. The summed E-state index contributed by atoms with van der Waals surface area (Å²) in [6.45, 7) is 9.50. The first-order valence-electron chi connectivity index (χ1n) is 10.9. The number of hydrogen-bond donors (Lipinski definition) is 2. The molecule has 0 atom stereocenters. The Balaban J connectivity index is 0.000000451. The van der Waals surface area contributed by atoms with Crippen molar-refractivity contribution in [3.05, 3.63) is 59.4 Å². The van der Waals surface area contributed by atoms with Gasteiger partial charge in [0.25, 0.3) is 6.47 Å². The Morgan fingerprint density at radius 2 is 1.78 bits per heavy atom. The van der Waals surface area contributed by atoms with Crippen LogP contribution in [-0.4, -0.2) is 44.8 Å². The Morgan fingerprint density at radius 1 is 1.12 bits per heavy atom. The van der Waals surface area contributed by atoms with Crippen molar-refractivity contribution in [2.75, 3.05) is 19.3 Å². The highest BCUT2D eigenvalue weighted by Crippen LogP contribution is 2.26. The molecule has 176 valence electrons. The molecule has 1 aliphatic rings. The van der Waals surface area contributed by atoms with E-state index in [0.717, 1.165) is 38.0 Å². The molecule has 1 aliphatic heterocycles. The van der Waals surface area contributed by atoms with Crippen LogP contribution >= 0.6 is 0 Å². The monoisotopic (exact) mass is 461 g/mol. The predicted molar refractivity (Wildman–Crippen MR) is 126 cm³/mol. The van der Waals surface area contributed by atoms with Gasteiger partial charge in [0, 0.05) is 37.2 Å². The zero-order valence-corrected chi connectivity index (χ0v) is 20.2. The van der Waals surface area contributed by atoms with Crippen molar-refractivity contribution < 1.29 is 17.9 Å². The number of pyridine rings is 1. The standard InChI is InChI=1S/C19H25N3O2S.C5H10O2/c1-25(23,24)18-6-4-15(5-7-18)13-21-14-17-3-2-10-22-19(17)16-8-11-20-12-9-16;1-5(2,3)7-4-6/h2-7,10,16,20-21H,8-9,11-14H2,1H3;4H,1-3H3. The van der Waals surface area contributed by atoms with Gasteiger partial charge in [0.2, 0.25) is 0 Å². The molecule has 0 unspecified atom stereocenters. The summed E-state index contributed by atoms with van der Waals surface area (Å²) in [5.74, 6) is 0.535. The van der Waals surface area contributed by atoms with Crippen molar-refractivity contribution in [3.8, 4) is 0 Å². The fraction of sp³-hybridized carbons (Fsp3) is 0.500. The number of hydrogen-bond acceptors (Lipinski definition) is 7. The fourth-order valence-corrected chi connectivity index (χ4v) is 4.03. The molecule has 0 radical (unpaired) electrons. The zero-order valence-electron chi connectivity index (χ0n) is 19.4. The molecule has 1 saturated heterocycles. The summed E-state index contributed by atoms with van der Waals surface area (Å²) in [5.41, 5.74) is 3.22. The number of rotatable bonds is 7. The van der Waals surface area contributed by atoms with Gasteiger partial charge in [-0.1, -0.05) is 18.2 Å². The molecule has 2 aromatic rings. The highest BCUT2D eigenvalue weighted by molar-refractivity contribution is 7.90. The average molecular weight is 462 g/mol. The van der Waals surface area contributed by atoms with Gasteiger partial charge in [-0.15, -0.1) is 0 Å². The first-order valence-corrected chi connectivity index (χ1v) is 12.7. The number of piperidine rings is 1. The summed E-state index contributed by atoms with van der Waals surface area (Å²) in [6.07, 6.45) is 5.38. The zero-order chi connectivity index (χ0) is 23.6. The van der Waals surface area contributed by atoms with Gasteiger partial charge in [0.15, 0.2) is 9.84 Å². The van der Waals surface area contributed by atoms with Gasteiger partial charge in [-0.25, -0.2) is 8.42 Å². The van der Waals surface area contributed by atoms with Crippen LogP contribution in [-0.2, 0) is 32.5 Å². The van der Waals surface area contributed by atoms with E-state index < -0.39 is 9.84 Å². The molecule has 0 amide bonds. The summed E-state index contributed by atoms with van der Waals surface area (Å²) >= 11 is 0. The van der Waals surface area contributed by atoms with Crippen LogP contribution in [0.4, 0.5) is 0 Å². The molecule has 0 saturated carbocycles. The van der Waals surface area contributed by atoms with Gasteiger partial charge < -0.3 is 15.4 Å². The second-order valence-electron chi connectivity index (χ2n) is 8.92. The lowest BCUT2D eigenvalue weighted by atomic mass is 9.91. The number of benzene rings is 1. The molecule has 32 heavy (non-hydrogen) atoms. The van der Waals surface area contributed by atoms with Gasteiger partial charge in [-0.05, 0) is 76.0 Å². The first kappa shape index (κ1) is 26.0. The summed E-state index contributed by atoms with van der Waals surface area (Å²) in [4.78, 5) is 14.6. The maximum absolute atomic E-state index is 11.5. The Labute approximate surface area is 191 Å². The van der Waals surface area contributed by atoms with E-state index in [1.165, 1.54) is 17.5 Å². The third-order valence-electron chi connectivity index (χ3n) is 5.05. The Kier molecular flexibility index (Phi) is 9.81.